The zero-order valence-corrected chi connectivity index (χ0v) is 31.6. The lowest BCUT2D eigenvalue weighted by Crippen LogP contribution is -2.59. The quantitative estimate of drug-likeness (QED) is 0.0629. The molecule has 7 heteroatoms. The van der Waals surface area contributed by atoms with Crippen LogP contribution >= 0.6 is 0 Å². The Hall–Kier alpha value is -4.89. The minimum absolute atomic E-state index is 0.192. The maximum absolute atomic E-state index is 13.1. The minimum atomic E-state index is -1.31. The molecule has 1 aliphatic heterocycles. The molecule has 0 aromatic heterocycles. The molecule has 0 unspecified atom stereocenters. The standard InChI is InChI=1S/C48H52O7/c1-3-28-51-29-14-13-15-36-23-25-37(26-24-36)30-42-31-41(27-22-35(42)2)43-44(52-32-38-16-7-4-8-17-38)45(53-33-39-18-9-5-10-19-39)46(47(55-43)48(49)50)54-34-40-20-11-6-12-21-40/h3-12,16-27,31,43-47H,1,13-15,28-30,32-34H2,2H3,(H,49,50)/t43-,44-,45+,46+,47+/m0/s1. The van der Waals surface area contributed by atoms with E-state index in [0.717, 1.165) is 65.7 Å². The highest BCUT2D eigenvalue weighted by Crippen LogP contribution is 2.39. The van der Waals surface area contributed by atoms with Gasteiger partial charge in [-0.25, -0.2) is 4.79 Å². The molecule has 0 amide bonds. The van der Waals surface area contributed by atoms with Gasteiger partial charge in [0.25, 0.3) is 0 Å². The number of hydrogen-bond donors (Lipinski definition) is 1. The van der Waals surface area contributed by atoms with Crippen LogP contribution in [0.15, 0.2) is 146 Å². The van der Waals surface area contributed by atoms with Gasteiger partial charge in [-0.2, -0.15) is 0 Å². The van der Waals surface area contributed by atoms with Crippen LogP contribution in [0, 0.1) is 6.92 Å². The molecule has 5 aromatic rings. The molecular weight excluding hydrogens is 689 g/mol. The van der Waals surface area contributed by atoms with Gasteiger partial charge in [-0.3, -0.25) is 0 Å². The summed E-state index contributed by atoms with van der Waals surface area (Å²) in [7, 11) is 0. The van der Waals surface area contributed by atoms with Crippen molar-refractivity contribution in [2.24, 2.45) is 0 Å². The number of aryl methyl sites for hydroxylation is 2. The van der Waals surface area contributed by atoms with Crippen LogP contribution < -0.4 is 0 Å². The Kier molecular flexibility index (Phi) is 15.0. The Balaban J connectivity index is 1.28. The first-order chi connectivity index (χ1) is 27.0. The van der Waals surface area contributed by atoms with Crippen LogP contribution in [0.5, 0.6) is 0 Å². The van der Waals surface area contributed by atoms with E-state index in [9.17, 15) is 9.90 Å². The number of aliphatic carboxylic acids is 1. The summed E-state index contributed by atoms with van der Waals surface area (Å²) in [6.07, 6.45) is 1.09. The maximum atomic E-state index is 13.1. The topological polar surface area (TPSA) is 83.5 Å². The highest BCUT2D eigenvalue weighted by Gasteiger charge is 2.51. The van der Waals surface area contributed by atoms with E-state index >= 15 is 0 Å². The average molecular weight is 741 g/mol. The van der Waals surface area contributed by atoms with E-state index in [1.165, 1.54) is 11.1 Å². The van der Waals surface area contributed by atoms with Gasteiger partial charge in [0.05, 0.1) is 26.4 Å². The van der Waals surface area contributed by atoms with Gasteiger partial charge in [-0.05, 0) is 77.1 Å². The number of ether oxygens (including phenoxy) is 5. The number of hydrogen-bond acceptors (Lipinski definition) is 6. The first kappa shape index (κ1) is 39.8. The van der Waals surface area contributed by atoms with Gasteiger partial charge in [0.2, 0.25) is 0 Å². The van der Waals surface area contributed by atoms with Crippen molar-refractivity contribution in [3.05, 3.63) is 191 Å². The second-order valence-electron chi connectivity index (χ2n) is 14.1. The third-order valence-electron chi connectivity index (χ3n) is 10.00. The predicted molar refractivity (Wildman–Crippen MR) is 215 cm³/mol. The normalized spacial score (nSPS) is 19.5. The van der Waals surface area contributed by atoms with Gasteiger partial charge < -0.3 is 28.8 Å². The highest BCUT2D eigenvalue weighted by molar-refractivity contribution is 5.73. The molecule has 5 atom stereocenters. The Labute approximate surface area is 325 Å². The van der Waals surface area contributed by atoms with Crippen LogP contribution in [0.2, 0.25) is 0 Å². The summed E-state index contributed by atoms with van der Waals surface area (Å²) in [6, 6.07) is 44.5. The third kappa shape index (κ3) is 11.6. The van der Waals surface area contributed by atoms with Crippen LogP contribution in [-0.4, -0.2) is 48.7 Å². The summed E-state index contributed by atoms with van der Waals surface area (Å²) >= 11 is 0. The SMILES string of the molecule is C=CCOCCCCc1ccc(Cc2cc([C@@H]3O[C@@H](C(=O)O)[C@H](OCc4ccccc4)[C@H](OCc4ccccc4)[C@H]3OCc3ccccc3)ccc2C)cc1. The second kappa shape index (κ2) is 20.7. The smallest absolute Gasteiger partial charge is 0.335 e. The molecule has 1 fully saturated rings. The largest absolute Gasteiger partial charge is 0.479 e. The van der Waals surface area contributed by atoms with E-state index in [2.05, 4.69) is 49.9 Å². The monoisotopic (exact) mass is 740 g/mol. The van der Waals surface area contributed by atoms with Crippen molar-refractivity contribution in [1.29, 1.82) is 0 Å². The fourth-order valence-electron chi connectivity index (χ4n) is 6.97. The summed E-state index contributed by atoms with van der Waals surface area (Å²) < 4.78 is 32.1. The Bertz CT molecular complexity index is 1900. The van der Waals surface area contributed by atoms with E-state index in [-0.39, 0.29) is 19.8 Å². The van der Waals surface area contributed by atoms with Gasteiger partial charge in [-0.1, -0.05) is 140 Å². The lowest BCUT2D eigenvalue weighted by molar-refractivity contribution is -0.266. The van der Waals surface area contributed by atoms with Crippen LogP contribution in [0.1, 0.15) is 63.5 Å². The van der Waals surface area contributed by atoms with Crippen molar-refractivity contribution in [3.63, 3.8) is 0 Å². The Morgan fingerprint density at radius 1 is 0.673 bits per heavy atom. The molecule has 0 radical (unpaired) electrons. The second-order valence-corrected chi connectivity index (χ2v) is 14.1. The van der Waals surface area contributed by atoms with Crippen molar-refractivity contribution in [1.82, 2.24) is 0 Å². The molecule has 1 aliphatic rings. The van der Waals surface area contributed by atoms with E-state index < -0.39 is 36.5 Å². The summed E-state index contributed by atoms with van der Waals surface area (Å²) in [6.45, 7) is 7.87. The lowest BCUT2D eigenvalue weighted by Gasteiger charge is -2.45. The van der Waals surface area contributed by atoms with Gasteiger partial charge in [0.15, 0.2) is 6.10 Å². The van der Waals surface area contributed by atoms with Gasteiger partial charge in [-0.15, -0.1) is 6.58 Å². The van der Waals surface area contributed by atoms with E-state index in [4.69, 9.17) is 23.7 Å². The van der Waals surface area contributed by atoms with Crippen molar-refractivity contribution >= 4 is 5.97 Å². The van der Waals surface area contributed by atoms with Crippen molar-refractivity contribution in [2.75, 3.05) is 13.2 Å². The average Bonchev–Trinajstić information content (AvgIpc) is 3.22. The number of carboxylic acids is 1. The summed E-state index contributed by atoms with van der Waals surface area (Å²) in [5.41, 5.74) is 8.46. The molecule has 1 saturated heterocycles. The molecule has 0 bridgehead atoms. The van der Waals surface area contributed by atoms with Crippen LogP contribution in [0.25, 0.3) is 0 Å². The van der Waals surface area contributed by atoms with Crippen molar-refractivity contribution in [3.8, 4) is 0 Å². The van der Waals surface area contributed by atoms with Gasteiger partial charge in [0, 0.05) is 6.61 Å². The number of carboxylic acid groups (broad SMARTS) is 1. The number of unbranched alkanes of at least 4 members (excludes halogenated alkanes) is 1. The third-order valence-corrected chi connectivity index (χ3v) is 10.00. The molecule has 286 valence electrons. The zero-order chi connectivity index (χ0) is 38.2. The molecule has 5 aromatic carbocycles. The van der Waals surface area contributed by atoms with Crippen LogP contribution in [0.4, 0.5) is 0 Å². The zero-order valence-electron chi connectivity index (χ0n) is 31.6. The first-order valence-corrected chi connectivity index (χ1v) is 19.2. The number of rotatable bonds is 20. The Morgan fingerprint density at radius 3 is 1.78 bits per heavy atom. The highest BCUT2D eigenvalue weighted by atomic mass is 16.6. The molecule has 0 saturated carbocycles. The fourth-order valence-corrected chi connectivity index (χ4v) is 6.97. The minimum Gasteiger partial charge on any atom is -0.479 e. The van der Waals surface area contributed by atoms with E-state index in [0.29, 0.717) is 6.61 Å². The summed E-state index contributed by atoms with van der Waals surface area (Å²) in [5.74, 6) is -1.12. The van der Waals surface area contributed by atoms with Crippen LogP contribution in [-0.2, 0) is 61.1 Å². The molecule has 6 rings (SSSR count). The number of carbonyl (C=O) groups is 1. The van der Waals surface area contributed by atoms with E-state index in [1.807, 2.05) is 97.1 Å². The van der Waals surface area contributed by atoms with Crippen molar-refractivity contribution < 1.29 is 33.6 Å². The van der Waals surface area contributed by atoms with Crippen molar-refractivity contribution in [2.45, 2.75) is 82.9 Å². The predicted octanol–water partition coefficient (Wildman–Crippen LogP) is 9.39. The molecule has 1 heterocycles. The first-order valence-electron chi connectivity index (χ1n) is 19.2. The van der Waals surface area contributed by atoms with E-state index in [1.54, 1.807) is 6.08 Å². The number of benzene rings is 5. The molecular formula is C48H52O7. The fraction of sp³-hybridized carbons (Fsp3) is 0.312. The van der Waals surface area contributed by atoms with Gasteiger partial charge >= 0.3 is 5.97 Å². The molecule has 0 spiro atoms. The van der Waals surface area contributed by atoms with Gasteiger partial charge in [0.1, 0.15) is 24.4 Å². The molecule has 0 aliphatic carbocycles. The molecule has 7 nitrogen and oxygen atoms in total. The summed E-state index contributed by atoms with van der Waals surface area (Å²) in [4.78, 5) is 13.1. The molecule has 1 N–H and O–H groups in total. The summed E-state index contributed by atoms with van der Waals surface area (Å²) in [5, 5.41) is 10.7. The maximum Gasteiger partial charge on any atom is 0.335 e. The molecule has 55 heavy (non-hydrogen) atoms. The van der Waals surface area contributed by atoms with Crippen LogP contribution in [0.3, 0.4) is 0 Å². The lowest BCUT2D eigenvalue weighted by atomic mass is 9.88. The Morgan fingerprint density at radius 2 is 1.22 bits per heavy atom.